The Morgan fingerprint density at radius 2 is 2.12 bits per heavy atom. The van der Waals surface area contributed by atoms with Gasteiger partial charge < -0.3 is 9.73 Å². The van der Waals surface area contributed by atoms with Crippen LogP contribution in [0.1, 0.15) is 30.7 Å². The van der Waals surface area contributed by atoms with Crippen LogP contribution in [0.25, 0.3) is 0 Å². The fraction of sp³-hybridized carbons (Fsp3) is 0.250. The predicted molar refractivity (Wildman–Crippen MR) is 90.0 cm³/mol. The molecule has 1 aromatic carbocycles. The van der Waals surface area contributed by atoms with Crippen LogP contribution in [0.4, 0.5) is 5.69 Å². The van der Waals surface area contributed by atoms with Crippen LogP contribution >= 0.6 is 0 Å². The number of hydrogen-bond donors (Lipinski definition) is 1. The van der Waals surface area contributed by atoms with Crippen LogP contribution < -0.4 is 5.32 Å². The second kappa shape index (κ2) is 6.12. The number of nitrogens with one attached hydrogen (secondary N) is 1. The van der Waals surface area contributed by atoms with Gasteiger partial charge in [0.25, 0.3) is 0 Å². The topological polar surface area (TPSA) is 92.0 Å². The summed E-state index contributed by atoms with van der Waals surface area (Å²) in [5.74, 6) is 0.365. The van der Waals surface area contributed by atoms with Crippen molar-refractivity contribution in [3.05, 3.63) is 54.0 Å². The number of amides is 1. The van der Waals surface area contributed by atoms with Crippen molar-refractivity contribution < 1.29 is 17.6 Å². The van der Waals surface area contributed by atoms with Crippen LogP contribution in [0, 0.1) is 0 Å². The number of furan rings is 1. The summed E-state index contributed by atoms with van der Waals surface area (Å²) in [6.07, 6.45) is 3.01. The van der Waals surface area contributed by atoms with Crippen LogP contribution in [0.5, 0.6) is 0 Å². The number of carbonyl (C=O) groups is 1. The molecule has 1 aliphatic rings. The van der Waals surface area contributed by atoms with E-state index in [1.165, 1.54) is 13.2 Å². The first-order chi connectivity index (χ1) is 11.3. The highest BCUT2D eigenvalue weighted by Crippen LogP contribution is 2.35. The van der Waals surface area contributed by atoms with Gasteiger partial charge in [-0.3, -0.25) is 4.79 Å². The van der Waals surface area contributed by atoms with Gasteiger partial charge in [0, 0.05) is 19.0 Å². The van der Waals surface area contributed by atoms with E-state index in [0.717, 1.165) is 16.2 Å². The largest absolute Gasteiger partial charge is 0.467 e. The third-order valence-corrected chi connectivity index (χ3v) is 4.62. The number of anilines is 1. The van der Waals surface area contributed by atoms with Crippen molar-refractivity contribution in [1.29, 1.82) is 0 Å². The van der Waals surface area contributed by atoms with Crippen molar-refractivity contribution in [2.45, 2.75) is 19.4 Å². The molecule has 0 saturated heterocycles. The van der Waals surface area contributed by atoms with E-state index in [0.29, 0.717) is 23.6 Å². The van der Waals surface area contributed by atoms with E-state index in [9.17, 15) is 13.2 Å². The van der Waals surface area contributed by atoms with Crippen LogP contribution in [0.15, 0.2) is 52.2 Å². The molecule has 7 nitrogen and oxygen atoms in total. The van der Waals surface area contributed by atoms with Crippen LogP contribution in [-0.4, -0.2) is 30.7 Å². The van der Waals surface area contributed by atoms with Crippen molar-refractivity contribution in [3.63, 3.8) is 0 Å². The third kappa shape index (κ3) is 3.33. The highest BCUT2D eigenvalue weighted by atomic mass is 32.2. The molecular formula is C16H17N3O4S. The summed E-state index contributed by atoms with van der Waals surface area (Å²) in [6, 6.07) is 10.1. The van der Waals surface area contributed by atoms with Gasteiger partial charge in [-0.25, -0.2) is 8.42 Å². The Hall–Kier alpha value is -2.61. The molecule has 0 bridgehead atoms. The molecule has 1 amide bonds. The normalized spacial score (nSPS) is 17.7. The summed E-state index contributed by atoms with van der Waals surface area (Å²) in [4.78, 5) is 11.2. The van der Waals surface area contributed by atoms with Gasteiger partial charge in [-0.15, -0.1) is 0 Å². The maximum atomic E-state index is 12.0. The van der Waals surface area contributed by atoms with E-state index >= 15 is 0 Å². The molecule has 1 aliphatic heterocycles. The van der Waals surface area contributed by atoms with Gasteiger partial charge in [-0.05, 0) is 29.8 Å². The average Bonchev–Trinajstić information content (AvgIpc) is 3.15. The number of nitrogens with zero attached hydrogens (tertiary/aromatic N) is 2. The van der Waals surface area contributed by atoms with Gasteiger partial charge >= 0.3 is 0 Å². The van der Waals surface area contributed by atoms with E-state index < -0.39 is 16.1 Å². The molecule has 0 fully saturated rings. The van der Waals surface area contributed by atoms with Crippen LogP contribution in [0.3, 0.4) is 0 Å². The smallest absolute Gasteiger partial charge is 0.247 e. The molecule has 3 rings (SSSR count). The number of carbonyl (C=O) groups excluding carboxylic acids is 1. The van der Waals surface area contributed by atoms with Crippen molar-refractivity contribution in [2.24, 2.45) is 5.10 Å². The second-order valence-corrected chi connectivity index (χ2v) is 7.42. The molecule has 0 saturated carbocycles. The minimum Gasteiger partial charge on any atom is -0.467 e. The summed E-state index contributed by atoms with van der Waals surface area (Å²) in [6.45, 7) is 1.43. The van der Waals surface area contributed by atoms with Crippen LogP contribution in [0.2, 0.25) is 0 Å². The summed E-state index contributed by atoms with van der Waals surface area (Å²) >= 11 is 0. The van der Waals surface area contributed by atoms with Gasteiger partial charge in [0.05, 0.1) is 18.2 Å². The standard InChI is InChI=1S/C16H17N3O4S/c1-11(20)17-13-6-3-5-12(9-13)14-10-15(16-7-4-8-23-16)19(18-14)24(2,21)22/h3-9,15H,10H2,1-2H3,(H,17,20). The fourth-order valence-electron chi connectivity index (χ4n) is 2.64. The Bertz CT molecular complexity index is 888. The lowest BCUT2D eigenvalue weighted by atomic mass is 10.0. The zero-order valence-corrected chi connectivity index (χ0v) is 14.1. The molecule has 126 valence electrons. The first-order valence-electron chi connectivity index (χ1n) is 7.33. The van der Waals surface area contributed by atoms with E-state index in [1.807, 2.05) is 6.07 Å². The van der Waals surface area contributed by atoms with Gasteiger partial charge in [0.2, 0.25) is 15.9 Å². The highest BCUT2D eigenvalue weighted by Gasteiger charge is 2.36. The van der Waals surface area contributed by atoms with E-state index in [-0.39, 0.29) is 5.91 Å². The van der Waals surface area contributed by atoms with Crippen molar-refractivity contribution in [3.8, 4) is 0 Å². The predicted octanol–water partition coefficient (Wildman–Crippen LogP) is 2.35. The summed E-state index contributed by atoms with van der Waals surface area (Å²) in [7, 11) is -3.53. The third-order valence-electron chi connectivity index (χ3n) is 3.60. The van der Waals surface area contributed by atoms with Crippen molar-refractivity contribution >= 4 is 27.3 Å². The van der Waals surface area contributed by atoms with Gasteiger partial charge in [-0.1, -0.05) is 12.1 Å². The molecule has 1 N–H and O–H groups in total. The van der Waals surface area contributed by atoms with E-state index in [4.69, 9.17) is 4.42 Å². The fourth-order valence-corrected chi connectivity index (χ4v) is 3.53. The maximum absolute atomic E-state index is 12.0. The lowest BCUT2D eigenvalue weighted by molar-refractivity contribution is -0.114. The summed E-state index contributed by atoms with van der Waals surface area (Å²) < 4.78 is 30.5. The molecule has 0 spiro atoms. The Morgan fingerprint density at radius 3 is 2.75 bits per heavy atom. The SMILES string of the molecule is CC(=O)Nc1cccc(C2=NN(S(C)(=O)=O)C(c3ccco3)C2)c1. The minimum absolute atomic E-state index is 0.174. The number of hydrazone groups is 1. The minimum atomic E-state index is -3.53. The summed E-state index contributed by atoms with van der Waals surface area (Å²) in [5, 5.41) is 6.98. The Morgan fingerprint density at radius 1 is 1.33 bits per heavy atom. The van der Waals surface area contributed by atoms with Crippen LogP contribution in [-0.2, 0) is 14.8 Å². The molecule has 1 unspecified atom stereocenters. The number of rotatable bonds is 4. The first-order valence-corrected chi connectivity index (χ1v) is 9.18. The van der Waals surface area contributed by atoms with Crippen molar-refractivity contribution in [2.75, 3.05) is 11.6 Å². The van der Waals surface area contributed by atoms with Gasteiger partial charge in [0.15, 0.2) is 0 Å². The van der Waals surface area contributed by atoms with Gasteiger partial charge in [-0.2, -0.15) is 9.52 Å². The molecule has 1 aromatic heterocycles. The number of benzene rings is 1. The van der Waals surface area contributed by atoms with E-state index in [1.54, 1.807) is 30.3 Å². The number of hydrogen-bond acceptors (Lipinski definition) is 5. The number of sulfonamides is 1. The van der Waals surface area contributed by atoms with Crippen molar-refractivity contribution in [1.82, 2.24) is 4.41 Å². The zero-order valence-electron chi connectivity index (χ0n) is 13.3. The lowest BCUT2D eigenvalue weighted by Crippen LogP contribution is -2.25. The maximum Gasteiger partial charge on any atom is 0.247 e. The van der Waals surface area contributed by atoms with E-state index in [2.05, 4.69) is 10.4 Å². The average molecular weight is 347 g/mol. The first kappa shape index (κ1) is 16.3. The molecule has 8 heteroatoms. The van der Waals surface area contributed by atoms with Gasteiger partial charge in [0.1, 0.15) is 11.8 Å². The molecule has 2 aromatic rings. The zero-order chi connectivity index (χ0) is 17.3. The summed E-state index contributed by atoms with van der Waals surface area (Å²) in [5.41, 5.74) is 2.01. The Labute approximate surface area is 140 Å². The monoisotopic (exact) mass is 347 g/mol. The molecule has 24 heavy (non-hydrogen) atoms. The molecule has 2 heterocycles. The highest BCUT2D eigenvalue weighted by molar-refractivity contribution is 7.88. The molecule has 1 atom stereocenters. The quantitative estimate of drug-likeness (QED) is 0.919. The molecule has 0 radical (unpaired) electrons. The Balaban J connectivity index is 1.96. The second-order valence-electron chi connectivity index (χ2n) is 5.58. The molecular weight excluding hydrogens is 330 g/mol. The molecule has 0 aliphatic carbocycles. The lowest BCUT2D eigenvalue weighted by Gasteiger charge is -2.18. The Kier molecular flexibility index (Phi) is 4.15.